The van der Waals surface area contributed by atoms with E-state index in [4.69, 9.17) is 9.84 Å². The van der Waals surface area contributed by atoms with E-state index in [0.717, 1.165) is 37.2 Å². The molecule has 25 heavy (non-hydrogen) atoms. The Kier molecular flexibility index (Phi) is 4.41. The van der Waals surface area contributed by atoms with Crippen molar-refractivity contribution in [3.8, 4) is 0 Å². The highest BCUT2D eigenvalue weighted by Gasteiger charge is 2.39. The van der Waals surface area contributed by atoms with Crippen LogP contribution in [0.1, 0.15) is 74.5 Å². The molecule has 0 saturated heterocycles. The van der Waals surface area contributed by atoms with Crippen LogP contribution in [0.25, 0.3) is 0 Å². The number of alkyl halides is 2. The minimum atomic E-state index is -2.32. The standard InChI is InChI=1S/C18H25F2N3O2/c1-23-17(21-18(24)25-13-8-12(9-13)16(19)20)14(10-6-7-10)15(22-23)11-4-2-3-5-11/h10-13,16H,2-9H2,1H3,(H,21,24). The first-order valence-corrected chi connectivity index (χ1v) is 9.35. The lowest BCUT2D eigenvalue weighted by molar-refractivity contribution is -0.0478. The van der Waals surface area contributed by atoms with Gasteiger partial charge >= 0.3 is 6.09 Å². The van der Waals surface area contributed by atoms with Crippen molar-refractivity contribution in [3.63, 3.8) is 0 Å². The van der Waals surface area contributed by atoms with E-state index in [1.807, 2.05) is 7.05 Å². The Labute approximate surface area is 146 Å². The number of amides is 1. The molecule has 7 heteroatoms. The van der Waals surface area contributed by atoms with E-state index in [1.54, 1.807) is 4.68 Å². The summed E-state index contributed by atoms with van der Waals surface area (Å²) in [5.74, 6) is 1.06. The largest absolute Gasteiger partial charge is 0.446 e. The molecule has 0 spiro atoms. The van der Waals surface area contributed by atoms with Crippen LogP contribution in [-0.4, -0.2) is 28.4 Å². The summed E-state index contributed by atoms with van der Waals surface area (Å²) in [5.41, 5.74) is 2.31. The van der Waals surface area contributed by atoms with Gasteiger partial charge in [-0.05, 0) is 44.4 Å². The zero-order valence-corrected chi connectivity index (χ0v) is 14.5. The first-order chi connectivity index (χ1) is 12.0. The average molecular weight is 353 g/mol. The SMILES string of the molecule is Cn1nc(C2CCCC2)c(C2CC2)c1NC(=O)OC1CC(C(F)F)C1. The number of anilines is 1. The number of carbonyl (C=O) groups excluding carboxylic acids is 1. The fourth-order valence-corrected chi connectivity index (χ4v) is 4.17. The van der Waals surface area contributed by atoms with E-state index in [0.29, 0.717) is 11.8 Å². The van der Waals surface area contributed by atoms with Crippen LogP contribution in [0.15, 0.2) is 0 Å². The van der Waals surface area contributed by atoms with Crippen molar-refractivity contribution in [2.75, 3.05) is 5.32 Å². The highest BCUT2D eigenvalue weighted by Crippen LogP contribution is 2.49. The number of rotatable bonds is 5. The minimum absolute atomic E-state index is 0.249. The van der Waals surface area contributed by atoms with E-state index >= 15 is 0 Å². The van der Waals surface area contributed by atoms with Crippen molar-refractivity contribution in [2.24, 2.45) is 13.0 Å². The molecule has 1 amide bonds. The molecule has 1 N–H and O–H groups in total. The van der Waals surface area contributed by atoms with E-state index in [9.17, 15) is 13.6 Å². The maximum Gasteiger partial charge on any atom is 0.413 e. The smallest absolute Gasteiger partial charge is 0.413 e. The number of nitrogens with one attached hydrogen (secondary N) is 1. The van der Waals surface area contributed by atoms with Crippen molar-refractivity contribution in [1.82, 2.24) is 9.78 Å². The molecule has 0 unspecified atom stereocenters. The molecule has 0 aromatic carbocycles. The number of carbonyl (C=O) groups is 1. The molecule has 0 aliphatic heterocycles. The predicted octanol–water partition coefficient (Wildman–Crippen LogP) is 4.55. The highest BCUT2D eigenvalue weighted by atomic mass is 19.3. The van der Waals surface area contributed by atoms with Gasteiger partial charge in [0.2, 0.25) is 6.43 Å². The van der Waals surface area contributed by atoms with Gasteiger partial charge in [-0.15, -0.1) is 0 Å². The third-order valence-corrected chi connectivity index (χ3v) is 5.82. The Morgan fingerprint density at radius 1 is 1.20 bits per heavy atom. The van der Waals surface area contributed by atoms with Gasteiger partial charge in [0, 0.05) is 24.4 Å². The monoisotopic (exact) mass is 353 g/mol. The van der Waals surface area contributed by atoms with Crippen LogP contribution in [0.5, 0.6) is 0 Å². The van der Waals surface area contributed by atoms with E-state index < -0.39 is 24.5 Å². The molecular formula is C18H25F2N3O2. The van der Waals surface area contributed by atoms with E-state index in [-0.39, 0.29) is 12.8 Å². The molecule has 3 aliphatic rings. The first kappa shape index (κ1) is 16.8. The van der Waals surface area contributed by atoms with Crippen molar-refractivity contribution in [1.29, 1.82) is 0 Å². The number of nitrogens with zero attached hydrogens (tertiary/aromatic N) is 2. The van der Waals surface area contributed by atoms with Crippen LogP contribution >= 0.6 is 0 Å². The number of hydrogen-bond donors (Lipinski definition) is 1. The zero-order valence-electron chi connectivity index (χ0n) is 14.5. The summed E-state index contributed by atoms with van der Waals surface area (Å²) in [4.78, 5) is 12.2. The Balaban J connectivity index is 1.44. The molecule has 3 aliphatic carbocycles. The van der Waals surface area contributed by atoms with Gasteiger partial charge in [-0.2, -0.15) is 5.10 Å². The number of halogens is 2. The summed E-state index contributed by atoms with van der Waals surface area (Å²) in [6.45, 7) is 0. The summed E-state index contributed by atoms with van der Waals surface area (Å²) in [5, 5.41) is 7.54. The van der Waals surface area contributed by atoms with E-state index in [1.165, 1.54) is 18.4 Å². The molecule has 1 aromatic rings. The van der Waals surface area contributed by atoms with Gasteiger partial charge in [0.15, 0.2) is 0 Å². The Bertz CT molecular complexity index is 645. The quantitative estimate of drug-likeness (QED) is 0.845. The third kappa shape index (κ3) is 3.37. The molecule has 1 aromatic heterocycles. The lowest BCUT2D eigenvalue weighted by Crippen LogP contribution is -2.38. The number of ether oxygens (including phenoxy) is 1. The average Bonchev–Trinajstić information content (AvgIpc) is 3.10. The van der Waals surface area contributed by atoms with Crippen molar-refractivity contribution < 1.29 is 18.3 Å². The molecule has 0 bridgehead atoms. The number of hydrogen-bond acceptors (Lipinski definition) is 3. The topological polar surface area (TPSA) is 56.2 Å². The second kappa shape index (κ2) is 6.57. The molecular weight excluding hydrogens is 328 g/mol. The van der Waals surface area contributed by atoms with Crippen molar-refractivity contribution in [2.45, 2.75) is 75.7 Å². The van der Waals surface area contributed by atoms with E-state index in [2.05, 4.69) is 5.32 Å². The molecule has 0 atom stereocenters. The van der Waals surface area contributed by atoms with Crippen LogP contribution in [0.3, 0.4) is 0 Å². The van der Waals surface area contributed by atoms with Crippen LogP contribution in [0.4, 0.5) is 19.4 Å². The van der Waals surface area contributed by atoms with Gasteiger partial charge in [0.05, 0.1) is 5.69 Å². The summed E-state index contributed by atoms with van der Waals surface area (Å²) in [7, 11) is 1.84. The molecule has 0 radical (unpaired) electrons. The van der Waals surface area contributed by atoms with Gasteiger partial charge in [0.1, 0.15) is 11.9 Å². The molecule has 1 heterocycles. The predicted molar refractivity (Wildman–Crippen MR) is 89.0 cm³/mol. The lowest BCUT2D eigenvalue weighted by Gasteiger charge is -2.33. The Morgan fingerprint density at radius 3 is 2.48 bits per heavy atom. The first-order valence-electron chi connectivity index (χ1n) is 9.35. The molecule has 138 valence electrons. The van der Waals surface area contributed by atoms with Gasteiger partial charge in [0.25, 0.3) is 0 Å². The van der Waals surface area contributed by atoms with Crippen molar-refractivity contribution >= 4 is 11.9 Å². The zero-order chi connectivity index (χ0) is 17.6. The number of aromatic nitrogens is 2. The second-order valence-corrected chi connectivity index (χ2v) is 7.75. The van der Waals surface area contributed by atoms with Gasteiger partial charge < -0.3 is 4.74 Å². The second-order valence-electron chi connectivity index (χ2n) is 7.75. The van der Waals surface area contributed by atoms with Gasteiger partial charge in [-0.1, -0.05) is 12.8 Å². The summed E-state index contributed by atoms with van der Waals surface area (Å²) in [6, 6.07) is 0. The fraction of sp³-hybridized carbons (Fsp3) is 0.778. The molecule has 4 rings (SSSR count). The lowest BCUT2D eigenvalue weighted by atomic mass is 9.83. The number of aryl methyl sites for hydroxylation is 1. The third-order valence-electron chi connectivity index (χ3n) is 5.82. The van der Waals surface area contributed by atoms with Gasteiger partial charge in [-0.3, -0.25) is 10.00 Å². The summed E-state index contributed by atoms with van der Waals surface area (Å²) in [6.07, 6.45) is 4.30. The summed E-state index contributed by atoms with van der Waals surface area (Å²) < 4.78 is 32.1. The van der Waals surface area contributed by atoms with Crippen LogP contribution in [-0.2, 0) is 11.8 Å². The maximum absolute atomic E-state index is 12.5. The molecule has 3 fully saturated rings. The molecule has 3 saturated carbocycles. The maximum atomic E-state index is 12.5. The molecule has 5 nitrogen and oxygen atoms in total. The Morgan fingerprint density at radius 2 is 1.88 bits per heavy atom. The van der Waals surface area contributed by atoms with Crippen LogP contribution in [0.2, 0.25) is 0 Å². The summed E-state index contributed by atoms with van der Waals surface area (Å²) >= 11 is 0. The Hall–Kier alpha value is -1.66. The van der Waals surface area contributed by atoms with Crippen molar-refractivity contribution in [3.05, 3.63) is 11.3 Å². The van der Waals surface area contributed by atoms with Gasteiger partial charge in [-0.25, -0.2) is 13.6 Å². The normalized spacial score (nSPS) is 26.7. The minimum Gasteiger partial charge on any atom is -0.446 e. The van der Waals surface area contributed by atoms with Crippen LogP contribution < -0.4 is 5.32 Å². The highest BCUT2D eigenvalue weighted by molar-refractivity contribution is 5.85. The van der Waals surface area contributed by atoms with Crippen LogP contribution in [0, 0.1) is 5.92 Å². The fourth-order valence-electron chi connectivity index (χ4n) is 4.17.